The molecule has 0 aromatic carbocycles. The largest absolute Gasteiger partial charge is 0.481 e. The van der Waals surface area contributed by atoms with E-state index < -0.39 is 11.9 Å². The van der Waals surface area contributed by atoms with Gasteiger partial charge >= 0.3 is 11.9 Å². The van der Waals surface area contributed by atoms with Crippen molar-refractivity contribution in [3.05, 3.63) is 0 Å². The van der Waals surface area contributed by atoms with Crippen LogP contribution in [0.1, 0.15) is 109 Å². The molecule has 0 amide bonds. The molecule has 136 valence electrons. The SMILES string of the molecule is O=C(O)CCCCCCCCCCCCCCCCCC(=O)O. The fourth-order valence-corrected chi connectivity index (χ4v) is 2.85. The van der Waals surface area contributed by atoms with Crippen LogP contribution in [0.4, 0.5) is 0 Å². The van der Waals surface area contributed by atoms with Gasteiger partial charge in [0, 0.05) is 12.8 Å². The minimum atomic E-state index is -0.676. The van der Waals surface area contributed by atoms with Gasteiger partial charge in [-0.25, -0.2) is 0 Å². The van der Waals surface area contributed by atoms with Crippen LogP contribution in [-0.4, -0.2) is 22.2 Å². The predicted octanol–water partition coefficient (Wildman–Crippen LogP) is 5.79. The van der Waals surface area contributed by atoms with Gasteiger partial charge in [-0.2, -0.15) is 0 Å². The molecule has 0 heterocycles. The number of carboxylic acids is 2. The molecule has 0 aliphatic heterocycles. The average molecular weight is 328 g/mol. The molecule has 0 atom stereocenters. The molecule has 0 bridgehead atoms. The molecule has 0 aromatic heterocycles. The van der Waals surface area contributed by atoms with Crippen LogP contribution < -0.4 is 0 Å². The van der Waals surface area contributed by atoms with E-state index in [4.69, 9.17) is 10.2 Å². The maximum Gasteiger partial charge on any atom is 0.303 e. The standard InChI is InChI=1S/C19H36O4/c20-18(21)16-14-12-10-8-6-4-2-1-3-5-7-9-11-13-15-17-19(22)23/h1-17H2,(H,20,21)(H,22,23). The highest BCUT2D eigenvalue weighted by Crippen LogP contribution is 2.14. The number of hydrogen-bond acceptors (Lipinski definition) is 2. The van der Waals surface area contributed by atoms with Crippen LogP contribution in [0.5, 0.6) is 0 Å². The Bertz CT molecular complexity index is 261. The van der Waals surface area contributed by atoms with E-state index in [1.807, 2.05) is 0 Å². The molecule has 0 fully saturated rings. The molecule has 0 aliphatic rings. The summed E-state index contributed by atoms with van der Waals surface area (Å²) in [6.07, 6.45) is 18.4. The van der Waals surface area contributed by atoms with E-state index in [2.05, 4.69) is 0 Å². The van der Waals surface area contributed by atoms with Crippen LogP contribution >= 0.6 is 0 Å². The summed E-state index contributed by atoms with van der Waals surface area (Å²) in [7, 11) is 0. The number of carboxylic acid groups (broad SMARTS) is 2. The number of hydrogen-bond donors (Lipinski definition) is 2. The first-order valence-electron chi connectivity index (χ1n) is 9.56. The molecule has 0 rings (SSSR count). The molecule has 0 saturated carbocycles. The predicted molar refractivity (Wildman–Crippen MR) is 93.8 cm³/mol. The van der Waals surface area contributed by atoms with Gasteiger partial charge < -0.3 is 10.2 Å². The monoisotopic (exact) mass is 328 g/mol. The lowest BCUT2D eigenvalue weighted by atomic mass is 10.0. The second-order valence-corrected chi connectivity index (χ2v) is 6.59. The summed E-state index contributed by atoms with van der Waals surface area (Å²) in [5.74, 6) is -1.35. The molecule has 23 heavy (non-hydrogen) atoms. The van der Waals surface area contributed by atoms with Crippen molar-refractivity contribution in [2.75, 3.05) is 0 Å². The van der Waals surface area contributed by atoms with Crippen molar-refractivity contribution >= 4 is 11.9 Å². The Labute approximate surface area is 141 Å². The van der Waals surface area contributed by atoms with Gasteiger partial charge in [0.1, 0.15) is 0 Å². The summed E-state index contributed by atoms with van der Waals surface area (Å²) in [4.78, 5) is 20.7. The summed E-state index contributed by atoms with van der Waals surface area (Å²) in [5.41, 5.74) is 0. The van der Waals surface area contributed by atoms with Crippen molar-refractivity contribution in [2.45, 2.75) is 109 Å². The first kappa shape index (κ1) is 21.9. The third-order valence-corrected chi connectivity index (χ3v) is 4.28. The molecule has 0 saturated heterocycles. The van der Waals surface area contributed by atoms with E-state index in [-0.39, 0.29) is 0 Å². The zero-order chi connectivity index (χ0) is 17.2. The van der Waals surface area contributed by atoms with Gasteiger partial charge in [-0.15, -0.1) is 0 Å². The first-order valence-corrected chi connectivity index (χ1v) is 9.56. The number of aliphatic carboxylic acids is 2. The minimum Gasteiger partial charge on any atom is -0.481 e. The van der Waals surface area contributed by atoms with Crippen molar-refractivity contribution in [3.8, 4) is 0 Å². The van der Waals surface area contributed by atoms with Gasteiger partial charge in [0.15, 0.2) is 0 Å². The number of rotatable bonds is 18. The Hall–Kier alpha value is -1.06. The Balaban J connectivity index is 3.00. The van der Waals surface area contributed by atoms with Gasteiger partial charge in [-0.05, 0) is 12.8 Å². The fraction of sp³-hybridized carbons (Fsp3) is 0.895. The molecule has 0 radical (unpaired) electrons. The molecule has 2 N–H and O–H groups in total. The van der Waals surface area contributed by atoms with Crippen LogP contribution in [0, 0.1) is 0 Å². The minimum absolute atomic E-state index is 0.319. The topological polar surface area (TPSA) is 74.6 Å². The molecule has 4 nitrogen and oxygen atoms in total. The normalized spacial score (nSPS) is 10.8. The molecule has 0 aromatic rings. The summed E-state index contributed by atoms with van der Waals surface area (Å²) >= 11 is 0. The van der Waals surface area contributed by atoms with Crippen LogP contribution in [-0.2, 0) is 9.59 Å². The van der Waals surface area contributed by atoms with Crippen molar-refractivity contribution < 1.29 is 19.8 Å². The molecular formula is C19H36O4. The van der Waals surface area contributed by atoms with Crippen molar-refractivity contribution in [1.82, 2.24) is 0 Å². The van der Waals surface area contributed by atoms with E-state index >= 15 is 0 Å². The zero-order valence-corrected chi connectivity index (χ0v) is 14.7. The Morgan fingerprint density at radius 3 is 0.739 bits per heavy atom. The molecule has 4 heteroatoms. The maximum atomic E-state index is 10.4. The average Bonchev–Trinajstić information content (AvgIpc) is 2.49. The molecule has 0 aliphatic carbocycles. The second kappa shape index (κ2) is 17.3. The molecule has 0 unspecified atom stereocenters. The Kier molecular flexibility index (Phi) is 16.5. The number of unbranched alkanes of at least 4 members (excludes halogenated alkanes) is 14. The van der Waals surface area contributed by atoms with Gasteiger partial charge in [-0.3, -0.25) is 9.59 Å². The van der Waals surface area contributed by atoms with E-state index in [1.54, 1.807) is 0 Å². The molecule has 0 spiro atoms. The highest BCUT2D eigenvalue weighted by molar-refractivity contribution is 5.66. The van der Waals surface area contributed by atoms with Crippen LogP contribution in [0.15, 0.2) is 0 Å². The van der Waals surface area contributed by atoms with Gasteiger partial charge in [0.2, 0.25) is 0 Å². The lowest BCUT2D eigenvalue weighted by Crippen LogP contribution is -1.93. The summed E-state index contributed by atoms with van der Waals surface area (Å²) in [6.45, 7) is 0. The van der Waals surface area contributed by atoms with Crippen molar-refractivity contribution in [2.24, 2.45) is 0 Å². The Morgan fingerprint density at radius 1 is 0.391 bits per heavy atom. The fourth-order valence-electron chi connectivity index (χ4n) is 2.85. The van der Waals surface area contributed by atoms with E-state index in [0.29, 0.717) is 12.8 Å². The summed E-state index contributed by atoms with van der Waals surface area (Å²) in [6, 6.07) is 0. The lowest BCUT2D eigenvalue weighted by Gasteiger charge is -2.03. The highest BCUT2D eigenvalue weighted by atomic mass is 16.4. The maximum absolute atomic E-state index is 10.4. The summed E-state index contributed by atoms with van der Waals surface area (Å²) < 4.78 is 0. The third kappa shape index (κ3) is 20.9. The van der Waals surface area contributed by atoms with E-state index in [0.717, 1.165) is 25.7 Å². The number of carbonyl (C=O) groups is 2. The third-order valence-electron chi connectivity index (χ3n) is 4.28. The van der Waals surface area contributed by atoms with Gasteiger partial charge in [0.25, 0.3) is 0 Å². The summed E-state index contributed by atoms with van der Waals surface area (Å²) in [5, 5.41) is 17.1. The van der Waals surface area contributed by atoms with E-state index in [9.17, 15) is 9.59 Å². The van der Waals surface area contributed by atoms with Crippen molar-refractivity contribution in [3.63, 3.8) is 0 Å². The first-order chi connectivity index (χ1) is 11.1. The second-order valence-electron chi connectivity index (χ2n) is 6.59. The van der Waals surface area contributed by atoms with Crippen molar-refractivity contribution in [1.29, 1.82) is 0 Å². The lowest BCUT2D eigenvalue weighted by molar-refractivity contribution is -0.138. The van der Waals surface area contributed by atoms with Gasteiger partial charge in [0.05, 0.1) is 0 Å². The quantitative estimate of drug-likeness (QED) is 0.312. The zero-order valence-electron chi connectivity index (χ0n) is 14.7. The van der Waals surface area contributed by atoms with Crippen LogP contribution in [0.2, 0.25) is 0 Å². The van der Waals surface area contributed by atoms with E-state index in [1.165, 1.54) is 70.6 Å². The van der Waals surface area contributed by atoms with Crippen LogP contribution in [0.3, 0.4) is 0 Å². The smallest absolute Gasteiger partial charge is 0.303 e. The Morgan fingerprint density at radius 2 is 0.565 bits per heavy atom. The van der Waals surface area contributed by atoms with Crippen LogP contribution in [0.25, 0.3) is 0 Å². The highest BCUT2D eigenvalue weighted by Gasteiger charge is 1.98. The van der Waals surface area contributed by atoms with Gasteiger partial charge in [-0.1, -0.05) is 83.5 Å². The molecular weight excluding hydrogens is 292 g/mol.